The molecule has 6 heteroatoms. The number of rotatable bonds is 3. The molecular formula is C22H21N5O. The summed E-state index contributed by atoms with van der Waals surface area (Å²) < 4.78 is 1.41. The van der Waals surface area contributed by atoms with Gasteiger partial charge in [-0.3, -0.25) is 14.8 Å². The number of nitrogens with one attached hydrogen (secondary N) is 1. The SMILES string of the molecule is Cc1cccc(-c2nc3nc(CN4CCc5ccccc5C4)cc(=O)n3[nH]2)c1. The van der Waals surface area contributed by atoms with Crippen molar-refractivity contribution in [3.8, 4) is 11.4 Å². The van der Waals surface area contributed by atoms with Gasteiger partial charge in [-0.05, 0) is 30.5 Å². The maximum Gasteiger partial charge on any atom is 0.274 e. The number of fused-ring (bicyclic) bond motifs is 2. The van der Waals surface area contributed by atoms with Crippen molar-refractivity contribution in [1.82, 2.24) is 24.5 Å². The number of hydrogen-bond donors (Lipinski definition) is 1. The summed E-state index contributed by atoms with van der Waals surface area (Å²) in [5, 5.41) is 3.07. The average Bonchev–Trinajstić information content (AvgIpc) is 3.13. The van der Waals surface area contributed by atoms with Crippen molar-refractivity contribution >= 4 is 5.78 Å². The van der Waals surface area contributed by atoms with Crippen LogP contribution in [0.4, 0.5) is 0 Å². The van der Waals surface area contributed by atoms with E-state index >= 15 is 0 Å². The number of benzene rings is 2. The van der Waals surface area contributed by atoms with E-state index in [4.69, 9.17) is 0 Å². The van der Waals surface area contributed by atoms with Crippen molar-refractivity contribution in [3.63, 3.8) is 0 Å². The molecule has 1 aliphatic heterocycles. The minimum Gasteiger partial charge on any atom is -0.293 e. The molecule has 6 nitrogen and oxygen atoms in total. The maximum atomic E-state index is 12.6. The Hall–Kier alpha value is -3.25. The van der Waals surface area contributed by atoms with Gasteiger partial charge in [0.1, 0.15) is 0 Å². The number of aromatic amines is 1. The lowest BCUT2D eigenvalue weighted by atomic mass is 10.00. The highest BCUT2D eigenvalue weighted by Gasteiger charge is 2.17. The van der Waals surface area contributed by atoms with Crippen LogP contribution in [0.1, 0.15) is 22.4 Å². The molecule has 28 heavy (non-hydrogen) atoms. The Balaban J connectivity index is 1.44. The molecule has 4 aromatic rings. The lowest BCUT2D eigenvalue weighted by Crippen LogP contribution is -2.31. The number of H-pyrrole nitrogens is 1. The van der Waals surface area contributed by atoms with E-state index in [1.165, 1.54) is 15.6 Å². The van der Waals surface area contributed by atoms with Gasteiger partial charge in [-0.1, -0.05) is 48.0 Å². The Labute approximate surface area is 162 Å². The van der Waals surface area contributed by atoms with Crippen LogP contribution in [0.25, 0.3) is 17.2 Å². The molecule has 0 spiro atoms. The van der Waals surface area contributed by atoms with Gasteiger partial charge in [-0.25, -0.2) is 4.98 Å². The fourth-order valence-electron chi connectivity index (χ4n) is 3.85. The topological polar surface area (TPSA) is 66.3 Å². The predicted molar refractivity (Wildman–Crippen MR) is 108 cm³/mol. The van der Waals surface area contributed by atoms with E-state index in [9.17, 15) is 4.79 Å². The van der Waals surface area contributed by atoms with E-state index in [0.717, 1.165) is 36.3 Å². The average molecular weight is 371 g/mol. The van der Waals surface area contributed by atoms with Gasteiger partial charge in [0.15, 0.2) is 5.82 Å². The quantitative estimate of drug-likeness (QED) is 0.601. The molecule has 0 bridgehead atoms. The molecule has 1 aliphatic rings. The third kappa shape index (κ3) is 3.12. The first-order valence-corrected chi connectivity index (χ1v) is 9.50. The molecule has 0 atom stereocenters. The van der Waals surface area contributed by atoms with Crippen LogP contribution in [0.2, 0.25) is 0 Å². The lowest BCUT2D eigenvalue weighted by molar-refractivity contribution is 0.242. The van der Waals surface area contributed by atoms with E-state index in [1.807, 2.05) is 31.2 Å². The summed E-state index contributed by atoms with van der Waals surface area (Å²) in [5.74, 6) is 1.06. The van der Waals surface area contributed by atoms with Crippen LogP contribution in [0, 0.1) is 6.92 Å². The summed E-state index contributed by atoms with van der Waals surface area (Å²) in [4.78, 5) is 24.1. The highest BCUT2D eigenvalue weighted by Crippen LogP contribution is 2.20. The molecule has 140 valence electrons. The van der Waals surface area contributed by atoms with Gasteiger partial charge in [0.2, 0.25) is 0 Å². The molecule has 1 N–H and O–H groups in total. The Morgan fingerprint density at radius 1 is 1.04 bits per heavy atom. The molecule has 0 saturated carbocycles. The van der Waals surface area contributed by atoms with Crippen molar-refractivity contribution in [3.05, 3.63) is 87.3 Å². The first-order chi connectivity index (χ1) is 13.7. The summed E-state index contributed by atoms with van der Waals surface area (Å²) in [6.07, 6.45) is 1.03. The van der Waals surface area contributed by atoms with E-state index in [2.05, 4.69) is 44.2 Å². The molecule has 0 unspecified atom stereocenters. The molecule has 0 aliphatic carbocycles. The number of hydrogen-bond acceptors (Lipinski definition) is 4. The molecule has 0 radical (unpaired) electrons. The fourth-order valence-corrected chi connectivity index (χ4v) is 3.85. The maximum absolute atomic E-state index is 12.6. The van der Waals surface area contributed by atoms with E-state index in [0.29, 0.717) is 18.1 Å². The summed E-state index contributed by atoms with van der Waals surface area (Å²) in [6.45, 7) is 4.53. The predicted octanol–water partition coefficient (Wildman–Crippen LogP) is 2.95. The van der Waals surface area contributed by atoms with Crippen LogP contribution in [0.3, 0.4) is 0 Å². The molecule has 0 fully saturated rings. The zero-order chi connectivity index (χ0) is 19.1. The van der Waals surface area contributed by atoms with E-state index in [-0.39, 0.29) is 5.56 Å². The molecule has 2 aromatic heterocycles. The minimum atomic E-state index is -0.135. The molecular weight excluding hydrogens is 350 g/mol. The van der Waals surface area contributed by atoms with Crippen molar-refractivity contribution in [2.24, 2.45) is 0 Å². The van der Waals surface area contributed by atoms with Crippen LogP contribution >= 0.6 is 0 Å². The lowest BCUT2D eigenvalue weighted by Gasteiger charge is -2.28. The molecule has 5 rings (SSSR count). The van der Waals surface area contributed by atoms with Crippen molar-refractivity contribution < 1.29 is 0 Å². The molecule has 0 amide bonds. The summed E-state index contributed by atoms with van der Waals surface area (Å²) in [6, 6.07) is 18.2. The summed E-state index contributed by atoms with van der Waals surface area (Å²) in [5.41, 5.74) is 5.48. The number of nitrogens with zero attached hydrogens (tertiary/aromatic N) is 4. The second kappa shape index (κ2) is 6.73. The van der Waals surface area contributed by atoms with Crippen molar-refractivity contribution in [2.45, 2.75) is 26.4 Å². The van der Waals surface area contributed by atoms with Crippen LogP contribution < -0.4 is 5.56 Å². The third-order valence-corrected chi connectivity index (χ3v) is 5.27. The zero-order valence-electron chi connectivity index (χ0n) is 15.7. The monoisotopic (exact) mass is 371 g/mol. The van der Waals surface area contributed by atoms with Gasteiger partial charge in [-0.15, -0.1) is 0 Å². The van der Waals surface area contributed by atoms with Crippen LogP contribution in [0.15, 0.2) is 59.4 Å². The highest BCUT2D eigenvalue weighted by molar-refractivity contribution is 5.57. The van der Waals surface area contributed by atoms with Gasteiger partial charge in [0.25, 0.3) is 11.3 Å². The first kappa shape index (κ1) is 16.9. The normalized spacial score (nSPS) is 14.3. The highest BCUT2D eigenvalue weighted by atomic mass is 16.1. The van der Waals surface area contributed by atoms with Gasteiger partial charge < -0.3 is 0 Å². The largest absolute Gasteiger partial charge is 0.293 e. The Bertz CT molecular complexity index is 1220. The van der Waals surface area contributed by atoms with Crippen molar-refractivity contribution in [1.29, 1.82) is 0 Å². The van der Waals surface area contributed by atoms with E-state index in [1.54, 1.807) is 6.07 Å². The van der Waals surface area contributed by atoms with Crippen molar-refractivity contribution in [2.75, 3.05) is 6.54 Å². The van der Waals surface area contributed by atoms with Gasteiger partial charge in [0, 0.05) is 31.3 Å². The number of aromatic nitrogens is 4. The third-order valence-electron chi connectivity index (χ3n) is 5.27. The summed E-state index contributed by atoms with van der Waals surface area (Å²) >= 11 is 0. The fraction of sp³-hybridized carbons (Fsp3) is 0.227. The van der Waals surface area contributed by atoms with Gasteiger partial charge in [0.05, 0.1) is 5.69 Å². The first-order valence-electron chi connectivity index (χ1n) is 9.50. The van der Waals surface area contributed by atoms with Gasteiger partial charge >= 0.3 is 0 Å². The Kier molecular flexibility index (Phi) is 4.06. The Morgan fingerprint density at radius 2 is 1.89 bits per heavy atom. The molecule has 0 saturated heterocycles. The van der Waals surface area contributed by atoms with Crippen LogP contribution in [0.5, 0.6) is 0 Å². The molecule has 2 aromatic carbocycles. The number of aryl methyl sites for hydroxylation is 1. The zero-order valence-corrected chi connectivity index (χ0v) is 15.7. The van der Waals surface area contributed by atoms with Gasteiger partial charge in [-0.2, -0.15) is 9.50 Å². The van der Waals surface area contributed by atoms with Crippen LogP contribution in [-0.2, 0) is 19.5 Å². The van der Waals surface area contributed by atoms with Crippen LogP contribution in [-0.4, -0.2) is 31.0 Å². The summed E-state index contributed by atoms with van der Waals surface area (Å²) in [7, 11) is 0. The minimum absolute atomic E-state index is 0.135. The smallest absolute Gasteiger partial charge is 0.274 e. The molecule has 3 heterocycles. The second-order valence-corrected chi connectivity index (χ2v) is 7.39. The standard InChI is InChI=1S/C22H21N5O/c1-15-5-4-8-17(11-15)21-24-22-23-19(12-20(28)27(22)25-21)14-26-10-9-16-6-2-3-7-18(16)13-26/h2-8,11-12H,9-10,13-14H2,1H3,(H,23,24,25). The van der Waals surface area contributed by atoms with E-state index < -0.39 is 0 Å². The second-order valence-electron chi connectivity index (χ2n) is 7.39. The Morgan fingerprint density at radius 3 is 2.75 bits per heavy atom.